The van der Waals surface area contributed by atoms with Crippen molar-refractivity contribution in [3.8, 4) is 17.7 Å². The van der Waals surface area contributed by atoms with E-state index in [-0.39, 0.29) is 17.0 Å². The third kappa shape index (κ3) is 4.94. The van der Waals surface area contributed by atoms with Gasteiger partial charge < -0.3 is 10.1 Å². The summed E-state index contributed by atoms with van der Waals surface area (Å²) < 4.78 is 7.22. The lowest BCUT2D eigenvalue weighted by Gasteiger charge is -2.11. The van der Waals surface area contributed by atoms with Gasteiger partial charge in [0.05, 0.1) is 0 Å². The van der Waals surface area contributed by atoms with Gasteiger partial charge in [-0.1, -0.05) is 29.3 Å². The lowest BCUT2D eigenvalue weighted by molar-refractivity contribution is -0.112. The molecular formula is C25H16Cl2N4O3. The SMILES string of the molecule is Cc1cccn2c(=O)c(/C=C(/C#N)C(=O)Nc3ccc(Cl)cc3)c(Oc3ccc(Cl)cc3)nc12. The molecule has 0 fully saturated rings. The first-order chi connectivity index (χ1) is 16.4. The number of hydrogen-bond donors (Lipinski definition) is 1. The van der Waals surface area contributed by atoms with Gasteiger partial charge in [0.25, 0.3) is 11.5 Å². The van der Waals surface area contributed by atoms with E-state index in [1.54, 1.807) is 60.8 Å². The van der Waals surface area contributed by atoms with E-state index in [9.17, 15) is 14.9 Å². The number of carbonyl (C=O) groups is 1. The number of nitriles is 1. The Morgan fingerprint density at radius 3 is 2.38 bits per heavy atom. The van der Waals surface area contributed by atoms with Crippen molar-refractivity contribution in [1.29, 1.82) is 5.26 Å². The number of carbonyl (C=O) groups excluding carboxylic acids is 1. The number of amides is 1. The van der Waals surface area contributed by atoms with Gasteiger partial charge in [-0.2, -0.15) is 10.2 Å². The monoisotopic (exact) mass is 490 g/mol. The van der Waals surface area contributed by atoms with Gasteiger partial charge in [-0.15, -0.1) is 0 Å². The van der Waals surface area contributed by atoms with Crippen LogP contribution in [0.3, 0.4) is 0 Å². The van der Waals surface area contributed by atoms with E-state index >= 15 is 0 Å². The highest BCUT2D eigenvalue weighted by atomic mass is 35.5. The zero-order valence-electron chi connectivity index (χ0n) is 17.8. The average Bonchev–Trinajstić information content (AvgIpc) is 2.82. The predicted octanol–water partition coefficient (Wildman–Crippen LogP) is 5.65. The van der Waals surface area contributed by atoms with Gasteiger partial charge >= 0.3 is 0 Å². The van der Waals surface area contributed by atoms with Crippen LogP contribution in [-0.4, -0.2) is 15.3 Å². The van der Waals surface area contributed by atoms with Crippen LogP contribution in [0.25, 0.3) is 11.7 Å². The molecule has 1 N–H and O–H groups in total. The maximum atomic E-state index is 13.3. The number of halogens is 2. The van der Waals surface area contributed by atoms with E-state index in [4.69, 9.17) is 27.9 Å². The molecular weight excluding hydrogens is 475 g/mol. The van der Waals surface area contributed by atoms with Crippen molar-refractivity contribution < 1.29 is 9.53 Å². The lowest BCUT2D eigenvalue weighted by atomic mass is 10.1. The fourth-order valence-corrected chi connectivity index (χ4v) is 3.38. The quantitative estimate of drug-likeness (QED) is 0.288. The second kappa shape index (κ2) is 9.79. The normalized spacial score (nSPS) is 11.2. The van der Waals surface area contributed by atoms with Crippen LogP contribution in [0.5, 0.6) is 11.6 Å². The molecule has 2 heterocycles. The van der Waals surface area contributed by atoms with Gasteiger partial charge in [-0.25, -0.2) is 0 Å². The van der Waals surface area contributed by atoms with E-state index in [1.807, 2.05) is 19.1 Å². The third-order valence-electron chi connectivity index (χ3n) is 4.83. The number of fused-ring (bicyclic) bond motifs is 1. The summed E-state index contributed by atoms with van der Waals surface area (Å²) in [6.45, 7) is 1.81. The Balaban J connectivity index is 1.82. The van der Waals surface area contributed by atoms with E-state index < -0.39 is 11.5 Å². The van der Waals surface area contributed by atoms with Crippen molar-refractivity contribution in [3.05, 3.63) is 104 Å². The summed E-state index contributed by atoms with van der Waals surface area (Å²) in [6, 6.07) is 18.3. The molecule has 0 aliphatic carbocycles. The van der Waals surface area contributed by atoms with Gasteiger partial charge in [0, 0.05) is 21.9 Å². The van der Waals surface area contributed by atoms with Crippen LogP contribution in [0.4, 0.5) is 5.69 Å². The zero-order chi connectivity index (χ0) is 24.2. The number of nitrogens with one attached hydrogen (secondary N) is 1. The molecule has 7 nitrogen and oxygen atoms in total. The molecule has 0 saturated heterocycles. The molecule has 0 spiro atoms. The van der Waals surface area contributed by atoms with Crippen molar-refractivity contribution in [3.63, 3.8) is 0 Å². The molecule has 0 aliphatic heterocycles. The lowest BCUT2D eigenvalue weighted by Crippen LogP contribution is -2.20. The van der Waals surface area contributed by atoms with E-state index in [0.29, 0.717) is 27.1 Å². The molecule has 168 valence electrons. The molecule has 2 aromatic heterocycles. The van der Waals surface area contributed by atoms with Crippen molar-refractivity contribution in [2.24, 2.45) is 0 Å². The van der Waals surface area contributed by atoms with Crippen molar-refractivity contribution in [2.45, 2.75) is 6.92 Å². The summed E-state index contributed by atoms with van der Waals surface area (Å²) in [6.07, 6.45) is 2.72. The summed E-state index contributed by atoms with van der Waals surface area (Å²) in [5, 5.41) is 13.3. The minimum atomic E-state index is -0.698. The van der Waals surface area contributed by atoms with Crippen molar-refractivity contribution in [2.75, 3.05) is 5.32 Å². The molecule has 0 radical (unpaired) electrons. The summed E-state index contributed by atoms with van der Waals surface area (Å²) in [4.78, 5) is 30.6. The molecule has 0 aliphatic rings. The zero-order valence-corrected chi connectivity index (χ0v) is 19.3. The molecule has 0 unspecified atom stereocenters. The summed E-state index contributed by atoms with van der Waals surface area (Å²) in [5.74, 6) is -0.363. The van der Waals surface area contributed by atoms with Crippen LogP contribution in [0.1, 0.15) is 11.1 Å². The number of benzene rings is 2. The standard InChI is InChI=1S/C25H16Cl2N4O3/c1-15-3-2-12-31-22(15)30-24(34-20-10-6-18(27)7-11-20)21(25(31)33)13-16(14-28)23(32)29-19-8-4-17(26)5-9-19/h2-13H,1H3,(H,29,32)/b16-13-. The maximum Gasteiger partial charge on any atom is 0.269 e. The number of pyridine rings is 1. The first kappa shape index (κ1) is 23.1. The number of ether oxygens (including phenoxy) is 1. The molecule has 0 saturated carbocycles. The van der Waals surface area contributed by atoms with Gasteiger partial charge in [0.1, 0.15) is 28.6 Å². The molecule has 34 heavy (non-hydrogen) atoms. The first-order valence-corrected chi connectivity index (χ1v) is 10.8. The minimum Gasteiger partial charge on any atom is -0.438 e. The van der Waals surface area contributed by atoms with Crippen LogP contribution < -0.4 is 15.6 Å². The Bertz CT molecular complexity index is 1520. The van der Waals surface area contributed by atoms with E-state index in [2.05, 4.69) is 10.3 Å². The summed E-state index contributed by atoms with van der Waals surface area (Å²) in [5.41, 5.74) is 0.722. The molecule has 9 heteroatoms. The van der Waals surface area contributed by atoms with E-state index in [0.717, 1.165) is 5.56 Å². The topological polar surface area (TPSA) is 96.5 Å². The van der Waals surface area contributed by atoms with Gasteiger partial charge in [-0.3, -0.25) is 14.0 Å². The minimum absolute atomic E-state index is 0.0475. The van der Waals surface area contributed by atoms with Crippen molar-refractivity contribution >= 4 is 46.5 Å². The number of rotatable bonds is 5. The largest absolute Gasteiger partial charge is 0.438 e. The second-order valence-corrected chi connectivity index (χ2v) is 8.08. The molecule has 0 bridgehead atoms. The highest BCUT2D eigenvalue weighted by Gasteiger charge is 2.18. The molecule has 2 aromatic carbocycles. The fraction of sp³-hybridized carbons (Fsp3) is 0.0400. The Morgan fingerprint density at radius 2 is 1.74 bits per heavy atom. The average molecular weight is 491 g/mol. The third-order valence-corrected chi connectivity index (χ3v) is 5.34. The highest BCUT2D eigenvalue weighted by Crippen LogP contribution is 2.26. The Kier molecular flexibility index (Phi) is 6.64. The van der Waals surface area contributed by atoms with Crippen LogP contribution in [0.15, 0.2) is 77.2 Å². The van der Waals surface area contributed by atoms with Crippen LogP contribution in [0.2, 0.25) is 10.0 Å². The summed E-state index contributed by atoms with van der Waals surface area (Å²) in [7, 11) is 0. The molecule has 0 atom stereocenters. The smallest absolute Gasteiger partial charge is 0.269 e. The Hall–Kier alpha value is -4.12. The van der Waals surface area contributed by atoms with Gasteiger partial charge in [0.2, 0.25) is 5.88 Å². The van der Waals surface area contributed by atoms with Crippen LogP contribution >= 0.6 is 23.2 Å². The van der Waals surface area contributed by atoms with Crippen molar-refractivity contribution in [1.82, 2.24) is 9.38 Å². The summed E-state index contributed by atoms with van der Waals surface area (Å²) >= 11 is 11.8. The first-order valence-electron chi connectivity index (χ1n) is 10.00. The number of anilines is 1. The Labute approximate surface area is 204 Å². The Morgan fingerprint density at radius 1 is 1.09 bits per heavy atom. The maximum absolute atomic E-state index is 13.3. The highest BCUT2D eigenvalue weighted by molar-refractivity contribution is 6.30. The number of hydrogen-bond acceptors (Lipinski definition) is 5. The van der Waals surface area contributed by atoms with Gasteiger partial charge in [0.15, 0.2) is 0 Å². The number of aromatic nitrogens is 2. The van der Waals surface area contributed by atoms with E-state index in [1.165, 1.54) is 10.5 Å². The van der Waals surface area contributed by atoms with Crippen LogP contribution in [-0.2, 0) is 4.79 Å². The molecule has 1 amide bonds. The second-order valence-electron chi connectivity index (χ2n) is 7.21. The van der Waals surface area contributed by atoms with Crippen LogP contribution in [0, 0.1) is 18.3 Å². The molecule has 4 rings (SSSR count). The predicted molar refractivity (Wildman–Crippen MR) is 131 cm³/mol. The number of aryl methyl sites for hydroxylation is 1. The number of nitrogens with zero attached hydrogens (tertiary/aromatic N) is 3. The molecule has 4 aromatic rings. The van der Waals surface area contributed by atoms with Gasteiger partial charge in [-0.05, 0) is 73.2 Å². The fourth-order valence-electron chi connectivity index (χ4n) is 3.13.